The summed E-state index contributed by atoms with van der Waals surface area (Å²) in [5.41, 5.74) is 1.17. The molecule has 2 rings (SSSR count). The Morgan fingerprint density at radius 3 is 2.58 bits per heavy atom. The Morgan fingerprint density at radius 1 is 1.32 bits per heavy atom. The first-order chi connectivity index (χ1) is 9.00. The Bertz CT molecular complexity index is 659. The van der Waals surface area contributed by atoms with Crippen LogP contribution in [0.4, 0.5) is 0 Å². The van der Waals surface area contributed by atoms with Gasteiger partial charge in [0.2, 0.25) is 0 Å². The molecule has 19 heavy (non-hydrogen) atoms. The molecule has 0 spiro atoms. The normalized spacial score (nSPS) is 11.1. The van der Waals surface area contributed by atoms with E-state index in [9.17, 15) is 9.90 Å². The number of benzene rings is 1. The largest absolute Gasteiger partial charge is 0.507 e. The molecule has 0 radical (unpaired) electrons. The highest BCUT2D eigenvalue weighted by atomic mass is 79.9. The van der Waals surface area contributed by atoms with Crippen LogP contribution in [0, 0.1) is 0 Å². The average molecular weight is 385 g/mol. The van der Waals surface area contributed by atoms with Gasteiger partial charge in [0.1, 0.15) is 5.75 Å². The van der Waals surface area contributed by atoms with E-state index < -0.39 is 0 Å². The summed E-state index contributed by atoms with van der Waals surface area (Å²) in [4.78, 5) is 12.0. The third kappa shape index (κ3) is 2.98. The Balaban J connectivity index is 2.26. The van der Waals surface area contributed by atoms with E-state index in [2.05, 4.69) is 31.9 Å². The molecule has 0 amide bonds. The number of carbonyl (C=O) groups is 1. The van der Waals surface area contributed by atoms with Gasteiger partial charge >= 0.3 is 0 Å². The second-order valence-corrected chi connectivity index (χ2v) is 5.59. The summed E-state index contributed by atoms with van der Waals surface area (Å²) in [5.74, 6) is -0.238. The first-order valence-corrected chi connectivity index (χ1v) is 7.10. The molecule has 1 N–H and O–H groups in total. The van der Waals surface area contributed by atoms with Gasteiger partial charge in [-0.3, -0.25) is 4.79 Å². The molecule has 0 aliphatic carbocycles. The number of carbonyl (C=O) groups excluding carboxylic acids is 1. The fourth-order valence-electron chi connectivity index (χ4n) is 1.65. The molecular weight excluding hydrogens is 374 g/mol. The third-order valence-corrected chi connectivity index (χ3v) is 4.82. The number of nitrogens with zero attached hydrogens (tertiary/aromatic N) is 1. The number of rotatable bonds is 3. The van der Waals surface area contributed by atoms with Crippen LogP contribution in [0.3, 0.4) is 0 Å². The Labute approximate surface area is 127 Å². The zero-order valence-corrected chi connectivity index (χ0v) is 13.3. The molecule has 1 aromatic heterocycles. The van der Waals surface area contributed by atoms with Crippen LogP contribution < -0.4 is 0 Å². The van der Waals surface area contributed by atoms with Gasteiger partial charge in [0.25, 0.3) is 0 Å². The fraction of sp³-hybridized carbons (Fsp3) is 0.0714. The van der Waals surface area contributed by atoms with E-state index in [1.807, 2.05) is 17.7 Å². The number of allylic oxidation sites excluding steroid dienone is 1. The van der Waals surface area contributed by atoms with Crippen molar-refractivity contribution in [1.82, 2.24) is 4.57 Å². The predicted octanol–water partition coefficient (Wildman–Crippen LogP) is 4.15. The summed E-state index contributed by atoms with van der Waals surface area (Å²) in [6.07, 6.45) is 3.16. The monoisotopic (exact) mass is 383 g/mol. The number of hydrogen-bond donors (Lipinski definition) is 1. The maximum Gasteiger partial charge on any atom is 0.189 e. The van der Waals surface area contributed by atoms with Gasteiger partial charge in [0, 0.05) is 12.7 Å². The molecule has 0 aliphatic heterocycles. The highest BCUT2D eigenvalue weighted by molar-refractivity contribution is 9.13. The van der Waals surface area contributed by atoms with Crippen molar-refractivity contribution in [2.75, 3.05) is 0 Å². The quantitative estimate of drug-likeness (QED) is 0.637. The van der Waals surface area contributed by atoms with Crippen molar-refractivity contribution in [1.29, 1.82) is 0 Å². The number of halogens is 2. The van der Waals surface area contributed by atoms with E-state index in [0.29, 0.717) is 5.56 Å². The number of para-hydroxylation sites is 1. The first-order valence-electron chi connectivity index (χ1n) is 5.52. The van der Waals surface area contributed by atoms with Crippen LogP contribution in [0.25, 0.3) is 6.08 Å². The first kappa shape index (κ1) is 14.1. The zero-order chi connectivity index (χ0) is 14.0. The summed E-state index contributed by atoms with van der Waals surface area (Å²) in [7, 11) is 1.89. The molecule has 1 heterocycles. The number of aromatic hydroxyl groups is 1. The van der Waals surface area contributed by atoms with Crippen LogP contribution in [-0.4, -0.2) is 15.5 Å². The fourth-order valence-corrected chi connectivity index (χ4v) is 2.47. The summed E-state index contributed by atoms with van der Waals surface area (Å²) in [6.45, 7) is 0. The van der Waals surface area contributed by atoms with Crippen molar-refractivity contribution in [2.45, 2.75) is 0 Å². The van der Waals surface area contributed by atoms with Crippen molar-refractivity contribution in [2.24, 2.45) is 7.05 Å². The Kier molecular flexibility index (Phi) is 4.27. The van der Waals surface area contributed by atoms with Crippen molar-refractivity contribution in [3.63, 3.8) is 0 Å². The summed E-state index contributed by atoms with van der Waals surface area (Å²) in [5, 5.41) is 9.61. The summed E-state index contributed by atoms with van der Waals surface area (Å²) >= 11 is 6.82. The van der Waals surface area contributed by atoms with E-state index in [-0.39, 0.29) is 11.5 Å². The van der Waals surface area contributed by atoms with Crippen LogP contribution in [0.15, 0.2) is 45.5 Å². The lowest BCUT2D eigenvalue weighted by Gasteiger charge is -2.00. The van der Waals surface area contributed by atoms with Crippen molar-refractivity contribution in [3.05, 3.63) is 56.7 Å². The molecule has 2 aromatic rings. The lowest BCUT2D eigenvalue weighted by atomic mass is 10.1. The van der Waals surface area contributed by atoms with Crippen LogP contribution >= 0.6 is 31.9 Å². The third-order valence-electron chi connectivity index (χ3n) is 2.73. The highest BCUT2D eigenvalue weighted by Crippen LogP contribution is 2.27. The lowest BCUT2D eigenvalue weighted by Crippen LogP contribution is -1.95. The minimum atomic E-state index is -0.230. The molecule has 0 atom stereocenters. The van der Waals surface area contributed by atoms with E-state index in [1.54, 1.807) is 24.3 Å². The van der Waals surface area contributed by atoms with Crippen molar-refractivity contribution < 1.29 is 9.90 Å². The minimum Gasteiger partial charge on any atom is -0.507 e. The van der Waals surface area contributed by atoms with Crippen LogP contribution in [0.2, 0.25) is 0 Å². The highest BCUT2D eigenvalue weighted by Gasteiger charge is 2.08. The molecule has 0 bridgehead atoms. The molecule has 3 nitrogen and oxygen atoms in total. The van der Waals surface area contributed by atoms with Crippen LogP contribution in [0.5, 0.6) is 5.75 Å². The number of phenolic OH excluding ortho intramolecular Hbond substituents is 1. The van der Waals surface area contributed by atoms with Gasteiger partial charge in [-0.05, 0) is 62.2 Å². The second-order valence-electron chi connectivity index (χ2n) is 3.98. The standard InChI is InChI=1S/C14H11Br2NO2/c1-17-9(8-11(15)14(17)16)6-7-13(19)10-4-2-3-5-12(10)18/h2-8,18H,1H3/b7-6+. The van der Waals surface area contributed by atoms with E-state index >= 15 is 0 Å². The lowest BCUT2D eigenvalue weighted by molar-refractivity contribution is 0.104. The molecule has 0 aliphatic rings. The molecule has 0 saturated carbocycles. The number of aromatic nitrogens is 1. The Morgan fingerprint density at radius 2 is 2.00 bits per heavy atom. The van der Waals surface area contributed by atoms with Gasteiger partial charge in [0.15, 0.2) is 5.78 Å². The smallest absolute Gasteiger partial charge is 0.189 e. The second kappa shape index (κ2) is 5.75. The maximum atomic E-state index is 12.0. The van der Waals surface area contributed by atoms with Gasteiger partial charge in [0.05, 0.1) is 14.6 Å². The van der Waals surface area contributed by atoms with Gasteiger partial charge in [-0.25, -0.2) is 0 Å². The summed E-state index contributed by atoms with van der Waals surface area (Å²) in [6, 6.07) is 8.39. The van der Waals surface area contributed by atoms with Gasteiger partial charge < -0.3 is 9.67 Å². The SMILES string of the molecule is Cn1c(/C=C/C(=O)c2ccccc2O)cc(Br)c1Br. The van der Waals surface area contributed by atoms with E-state index in [1.165, 1.54) is 12.1 Å². The number of ketones is 1. The average Bonchev–Trinajstić information content (AvgIpc) is 2.64. The van der Waals surface area contributed by atoms with E-state index in [4.69, 9.17) is 0 Å². The molecular formula is C14H11Br2NO2. The summed E-state index contributed by atoms with van der Waals surface area (Å²) < 4.78 is 3.73. The van der Waals surface area contributed by atoms with Gasteiger partial charge in [-0.1, -0.05) is 12.1 Å². The zero-order valence-electron chi connectivity index (χ0n) is 10.1. The maximum absolute atomic E-state index is 12.0. The molecule has 0 unspecified atom stereocenters. The Hall–Kier alpha value is -1.33. The molecule has 5 heteroatoms. The minimum absolute atomic E-state index is 0.00797. The van der Waals surface area contributed by atoms with Crippen LogP contribution in [-0.2, 0) is 7.05 Å². The van der Waals surface area contributed by atoms with Crippen molar-refractivity contribution in [3.8, 4) is 5.75 Å². The number of hydrogen-bond acceptors (Lipinski definition) is 2. The van der Waals surface area contributed by atoms with Gasteiger partial charge in [-0.2, -0.15) is 0 Å². The van der Waals surface area contributed by atoms with Crippen molar-refractivity contribution >= 4 is 43.7 Å². The number of phenols is 1. The van der Waals surface area contributed by atoms with Crippen LogP contribution in [0.1, 0.15) is 16.1 Å². The van der Waals surface area contributed by atoms with Gasteiger partial charge in [-0.15, -0.1) is 0 Å². The predicted molar refractivity (Wildman–Crippen MR) is 82.3 cm³/mol. The topological polar surface area (TPSA) is 42.2 Å². The molecule has 0 fully saturated rings. The molecule has 1 aromatic carbocycles. The molecule has 0 saturated heterocycles. The van der Waals surface area contributed by atoms with E-state index in [0.717, 1.165) is 14.8 Å². The molecule has 98 valence electrons.